The molecule has 0 heterocycles. The summed E-state index contributed by atoms with van der Waals surface area (Å²) in [6, 6.07) is 6.88. The zero-order valence-corrected chi connectivity index (χ0v) is 11.5. The third kappa shape index (κ3) is 5.10. The Kier molecular flexibility index (Phi) is 6.08. The van der Waals surface area contributed by atoms with Crippen molar-refractivity contribution in [2.75, 3.05) is 6.61 Å². The van der Waals surface area contributed by atoms with Crippen LogP contribution >= 0.6 is 15.9 Å². The zero-order chi connectivity index (χ0) is 13.4. The van der Waals surface area contributed by atoms with Crippen LogP contribution in [0.1, 0.15) is 17.3 Å². The Labute approximate surface area is 114 Å². The molecule has 0 atom stereocenters. The average molecular weight is 309 g/mol. The number of hydrogen-bond acceptors (Lipinski definition) is 3. The molecule has 0 aromatic heterocycles. The molecule has 0 N–H and O–H groups in total. The molecular formula is C14H13BrO3. The highest BCUT2D eigenvalue weighted by Crippen LogP contribution is 2.11. The summed E-state index contributed by atoms with van der Waals surface area (Å²) in [7, 11) is 0. The minimum atomic E-state index is -0.529. The van der Waals surface area contributed by atoms with E-state index in [1.54, 1.807) is 42.5 Å². The van der Waals surface area contributed by atoms with Gasteiger partial charge >= 0.3 is 5.97 Å². The number of Topliss-reactive ketones (excluding diaryl/α,β-unsaturated/α-hetero) is 1. The quantitative estimate of drug-likeness (QED) is 0.363. The molecule has 1 aromatic rings. The number of esters is 1. The first-order valence-corrected chi connectivity index (χ1v) is 6.17. The van der Waals surface area contributed by atoms with Crippen LogP contribution in [0, 0.1) is 0 Å². The van der Waals surface area contributed by atoms with E-state index < -0.39 is 5.97 Å². The molecule has 1 aromatic carbocycles. The fourth-order valence-electron chi connectivity index (χ4n) is 1.15. The van der Waals surface area contributed by atoms with Crippen molar-refractivity contribution in [2.24, 2.45) is 0 Å². The van der Waals surface area contributed by atoms with Crippen LogP contribution in [0.3, 0.4) is 0 Å². The summed E-state index contributed by atoms with van der Waals surface area (Å²) < 4.78 is 5.71. The number of hydrogen-bond donors (Lipinski definition) is 0. The van der Waals surface area contributed by atoms with Gasteiger partial charge in [-0.3, -0.25) is 4.79 Å². The molecule has 0 fully saturated rings. The molecule has 18 heavy (non-hydrogen) atoms. The van der Waals surface area contributed by atoms with Gasteiger partial charge in [-0.1, -0.05) is 46.3 Å². The summed E-state index contributed by atoms with van der Waals surface area (Å²) in [6.07, 6.45) is 6.33. The molecule has 3 nitrogen and oxygen atoms in total. The monoisotopic (exact) mass is 308 g/mol. The molecular weight excluding hydrogens is 296 g/mol. The molecule has 0 aliphatic carbocycles. The van der Waals surface area contributed by atoms with Gasteiger partial charge in [0.15, 0.2) is 12.4 Å². The molecule has 0 spiro atoms. The van der Waals surface area contributed by atoms with E-state index in [-0.39, 0.29) is 12.4 Å². The smallest absolute Gasteiger partial charge is 0.331 e. The first-order chi connectivity index (χ1) is 8.63. The summed E-state index contributed by atoms with van der Waals surface area (Å²) in [5.41, 5.74) is 0.517. The van der Waals surface area contributed by atoms with Crippen LogP contribution in [-0.2, 0) is 9.53 Å². The second-order valence-corrected chi connectivity index (χ2v) is 4.34. The molecule has 0 radical (unpaired) electrons. The maximum Gasteiger partial charge on any atom is 0.331 e. The van der Waals surface area contributed by atoms with Crippen molar-refractivity contribution in [2.45, 2.75) is 6.92 Å². The van der Waals surface area contributed by atoms with Crippen molar-refractivity contribution < 1.29 is 14.3 Å². The lowest BCUT2D eigenvalue weighted by Crippen LogP contribution is -2.12. The highest BCUT2D eigenvalue weighted by Gasteiger charge is 2.07. The van der Waals surface area contributed by atoms with Gasteiger partial charge in [0.25, 0.3) is 0 Å². The van der Waals surface area contributed by atoms with Gasteiger partial charge in [-0.15, -0.1) is 0 Å². The Morgan fingerprint density at radius 3 is 2.50 bits per heavy atom. The fraction of sp³-hybridized carbons (Fsp3) is 0.143. The minimum absolute atomic E-state index is 0.227. The first-order valence-electron chi connectivity index (χ1n) is 5.38. The normalized spacial score (nSPS) is 11.0. The third-order valence-corrected chi connectivity index (χ3v) is 2.58. The van der Waals surface area contributed by atoms with Gasteiger partial charge in [-0.05, 0) is 19.1 Å². The summed E-state index contributed by atoms with van der Waals surface area (Å²) >= 11 is 3.28. The second-order valence-electron chi connectivity index (χ2n) is 3.42. The van der Waals surface area contributed by atoms with E-state index in [2.05, 4.69) is 15.9 Å². The standard InChI is InChI=1S/C14H13BrO3/c1-2-3-4-5-14(17)18-10-13(16)11-6-8-12(15)9-7-11/h2-9H,10H2,1H3. The number of allylic oxidation sites excluding steroid dienone is 3. The Hall–Kier alpha value is -1.68. The lowest BCUT2D eigenvalue weighted by atomic mass is 10.1. The molecule has 0 bridgehead atoms. The van der Waals surface area contributed by atoms with Crippen LogP contribution in [-0.4, -0.2) is 18.4 Å². The van der Waals surface area contributed by atoms with Crippen LogP contribution in [0.25, 0.3) is 0 Å². The SMILES string of the molecule is CC=CC=CC(=O)OCC(=O)c1ccc(Br)cc1. The Morgan fingerprint density at radius 1 is 1.22 bits per heavy atom. The molecule has 94 valence electrons. The molecule has 0 saturated carbocycles. The zero-order valence-electron chi connectivity index (χ0n) is 9.93. The van der Waals surface area contributed by atoms with Crippen molar-refractivity contribution in [3.05, 3.63) is 58.6 Å². The molecule has 1 rings (SSSR count). The number of carbonyl (C=O) groups excluding carboxylic acids is 2. The van der Waals surface area contributed by atoms with Gasteiger partial charge < -0.3 is 4.74 Å². The second kappa shape index (κ2) is 7.61. The summed E-state index contributed by atoms with van der Waals surface area (Å²) in [4.78, 5) is 22.9. The van der Waals surface area contributed by atoms with Crippen LogP contribution < -0.4 is 0 Å². The van der Waals surface area contributed by atoms with Gasteiger partial charge in [-0.2, -0.15) is 0 Å². The van der Waals surface area contributed by atoms with Crippen LogP contribution in [0.4, 0.5) is 0 Å². The Bertz CT molecular complexity index is 472. The first kappa shape index (κ1) is 14.4. The maximum absolute atomic E-state index is 11.7. The van der Waals surface area contributed by atoms with Gasteiger partial charge in [0.1, 0.15) is 0 Å². The van der Waals surface area contributed by atoms with E-state index in [0.717, 1.165) is 4.47 Å². The van der Waals surface area contributed by atoms with E-state index in [1.165, 1.54) is 6.08 Å². The summed E-state index contributed by atoms with van der Waals surface area (Å²) in [5, 5.41) is 0. The molecule has 0 saturated heterocycles. The largest absolute Gasteiger partial charge is 0.454 e. The Balaban J connectivity index is 2.46. The highest BCUT2D eigenvalue weighted by atomic mass is 79.9. The fourth-order valence-corrected chi connectivity index (χ4v) is 1.41. The number of ether oxygens (including phenoxy) is 1. The lowest BCUT2D eigenvalue weighted by Gasteiger charge is -2.01. The van der Waals surface area contributed by atoms with E-state index in [9.17, 15) is 9.59 Å². The molecule has 0 aliphatic rings. The van der Waals surface area contributed by atoms with Crippen LogP contribution in [0.5, 0.6) is 0 Å². The van der Waals surface area contributed by atoms with Gasteiger partial charge in [0.2, 0.25) is 0 Å². The van der Waals surface area contributed by atoms with Crippen LogP contribution in [0.2, 0.25) is 0 Å². The van der Waals surface area contributed by atoms with E-state index in [0.29, 0.717) is 5.56 Å². The van der Waals surface area contributed by atoms with Crippen molar-refractivity contribution in [3.8, 4) is 0 Å². The number of carbonyl (C=O) groups is 2. The molecule has 0 aliphatic heterocycles. The number of halogens is 1. The highest BCUT2D eigenvalue weighted by molar-refractivity contribution is 9.10. The number of rotatable bonds is 5. The maximum atomic E-state index is 11.7. The molecule has 0 amide bonds. The summed E-state index contributed by atoms with van der Waals surface area (Å²) in [6.45, 7) is 1.59. The van der Waals surface area contributed by atoms with E-state index in [1.807, 2.05) is 6.92 Å². The Morgan fingerprint density at radius 2 is 1.89 bits per heavy atom. The predicted octanol–water partition coefficient (Wildman–Crippen LogP) is 3.31. The minimum Gasteiger partial charge on any atom is -0.454 e. The lowest BCUT2D eigenvalue weighted by molar-refractivity contribution is -0.136. The molecule has 0 unspecified atom stereocenters. The average Bonchev–Trinajstić information content (AvgIpc) is 2.37. The predicted molar refractivity (Wildman–Crippen MR) is 73.4 cm³/mol. The van der Waals surface area contributed by atoms with E-state index >= 15 is 0 Å². The van der Waals surface area contributed by atoms with Crippen molar-refractivity contribution >= 4 is 27.7 Å². The van der Waals surface area contributed by atoms with Gasteiger partial charge in [0, 0.05) is 16.1 Å². The number of ketones is 1. The van der Waals surface area contributed by atoms with Crippen molar-refractivity contribution in [1.82, 2.24) is 0 Å². The summed E-state index contributed by atoms with van der Waals surface area (Å²) in [5.74, 6) is -0.756. The third-order valence-electron chi connectivity index (χ3n) is 2.05. The van der Waals surface area contributed by atoms with Crippen LogP contribution in [0.15, 0.2) is 53.0 Å². The van der Waals surface area contributed by atoms with Gasteiger partial charge in [0.05, 0.1) is 0 Å². The van der Waals surface area contributed by atoms with Crippen molar-refractivity contribution in [1.29, 1.82) is 0 Å². The van der Waals surface area contributed by atoms with E-state index in [4.69, 9.17) is 4.74 Å². The van der Waals surface area contributed by atoms with Gasteiger partial charge in [-0.25, -0.2) is 4.79 Å². The van der Waals surface area contributed by atoms with Crippen molar-refractivity contribution in [3.63, 3.8) is 0 Å². The molecule has 4 heteroatoms. The number of benzene rings is 1. The topological polar surface area (TPSA) is 43.4 Å².